The fourth-order valence-electron chi connectivity index (χ4n) is 1.76. The summed E-state index contributed by atoms with van der Waals surface area (Å²) in [5.41, 5.74) is 7.53. The molecule has 100 valence electrons. The highest BCUT2D eigenvalue weighted by Crippen LogP contribution is 2.12. The van der Waals surface area contributed by atoms with Crippen LogP contribution in [0, 0.1) is 6.92 Å². The maximum Gasteiger partial charge on any atom is 0.220 e. The van der Waals surface area contributed by atoms with Crippen molar-refractivity contribution in [2.45, 2.75) is 26.3 Å². The predicted molar refractivity (Wildman–Crippen MR) is 72.3 cm³/mol. The normalized spacial score (nSPS) is 10.4. The minimum Gasteiger partial charge on any atom is -0.444 e. The van der Waals surface area contributed by atoms with Crippen molar-refractivity contribution in [1.29, 1.82) is 0 Å². The number of hydrogen-bond acceptors (Lipinski definition) is 4. The Kier molecular flexibility index (Phi) is 4.18. The molecular formula is C14H17N3O2. The Hall–Kier alpha value is -2.30. The van der Waals surface area contributed by atoms with E-state index in [0.717, 1.165) is 17.0 Å². The number of nitrogens with zero attached hydrogens (tertiary/aromatic N) is 1. The maximum atomic E-state index is 11.7. The monoisotopic (exact) mass is 259 g/mol. The van der Waals surface area contributed by atoms with Crippen molar-refractivity contribution in [3.05, 3.63) is 47.7 Å². The summed E-state index contributed by atoms with van der Waals surface area (Å²) < 4.78 is 5.27. The van der Waals surface area contributed by atoms with Crippen LogP contribution in [-0.2, 0) is 17.8 Å². The van der Waals surface area contributed by atoms with Crippen LogP contribution in [0.15, 0.2) is 34.9 Å². The molecular weight excluding hydrogens is 242 g/mol. The molecule has 1 aromatic carbocycles. The number of aryl methyl sites for hydroxylation is 2. The van der Waals surface area contributed by atoms with Crippen molar-refractivity contribution in [3.63, 3.8) is 0 Å². The number of carbonyl (C=O) groups is 1. The summed E-state index contributed by atoms with van der Waals surface area (Å²) in [6.07, 6.45) is 2.66. The van der Waals surface area contributed by atoms with Crippen molar-refractivity contribution in [3.8, 4) is 0 Å². The van der Waals surface area contributed by atoms with E-state index < -0.39 is 0 Å². The van der Waals surface area contributed by atoms with Crippen LogP contribution in [0.2, 0.25) is 0 Å². The third-order valence-corrected chi connectivity index (χ3v) is 2.78. The first kappa shape index (κ1) is 13.1. The van der Waals surface area contributed by atoms with Crippen LogP contribution in [0.3, 0.4) is 0 Å². The van der Waals surface area contributed by atoms with Gasteiger partial charge >= 0.3 is 0 Å². The summed E-state index contributed by atoms with van der Waals surface area (Å²) in [5.74, 6) is 1.21. The van der Waals surface area contributed by atoms with Gasteiger partial charge in [-0.1, -0.05) is 18.2 Å². The van der Waals surface area contributed by atoms with E-state index in [1.54, 1.807) is 6.20 Å². The smallest absolute Gasteiger partial charge is 0.220 e. The number of nitrogen functional groups attached to an aromatic ring is 1. The van der Waals surface area contributed by atoms with E-state index in [1.807, 2.05) is 31.2 Å². The molecule has 1 aromatic heterocycles. The van der Waals surface area contributed by atoms with Gasteiger partial charge in [-0.25, -0.2) is 4.98 Å². The number of nitrogens with one attached hydrogen (secondary N) is 1. The Balaban J connectivity index is 1.77. The van der Waals surface area contributed by atoms with Crippen LogP contribution in [0.4, 0.5) is 5.69 Å². The molecule has 0 unspecified atom stereocenters. The first-order valence-electron chi connectivity index (χ1n) is 6.16. The van der Waals surface area contributed by atoms with Crippen LogP contribution < -0.4 is 11.1 Å². The molecule has 0 aliphatic carbocycles. The van der Waals surface area contributed by atoms with Gasteiger partial charge in [0.15, 0.2) is 0 Å². The van der Waals surface area contributed by atoms with Crippen LogP contribution in [0.25, 0.3) is 0 Å². The number of oxazole rings is 1. The zero-order chi connectivity index (χ0) is 13.7. The number of nitrogens with two attached hydrogens (primary N) is 1. The molecule has 2 aromatic rings. The van der Waals surface area contributed by atoms with E-state index in [2.05, 4.69) is 10.3 Å². The lowest BCUT2D eigenvalue weighted by molar-refractivity contribution is -0.121. The van der Waals surface area contributed by atoms with Crippen molar-refractivity contribution >= 4 is 11.6 Å². The second-order valence-corrected chi connectivity index (χ2v) is 4.34. The molecule has 0 saturated heterocycles. The molecule has 1 amide bonds. The Morgan fingerprint density at radius 2 is 2.21 bits per heavy atom. The second-order valence-electron chi connectivity index (χ2n) is 4.34. The van der Waals surface area contributed by atoms with Crippen molar-refractivity contribution < 1.29 is 9.21 Å². The van der Waals surface area contributed by atoms with Gasteiger partial charge in [-0.3, -0.25) is 4.79 Å². The van der Waals surface area contributed by atoms with Crippen LogP contribution in [0.5, 0.6) is 0 Å². The van der Waals surface area contributed by atoms with Gasteiger partial charge in [-0.15, -0.1) is 0 Å². The van der Waals surface area contributed by atoms with Crippen LogP contribution >= 0.6 is 0 Å². The summed E-state index contributed by atoms with van der Waals surface area (Å²) in [6.45, 7) is 2.13. The van der Waals surface area contributed by atoms with Crippen molar-refractivity contribution in [1.82, 2.24) is 10.3 Å². The fourth-order valence-corrected chi connectivity index (χ4v) is 1.76. The molecule has 19 heavy (non-hydrogen) atoms. The SMILES string of the molecule is Cc1cnc(CNC(=O)CCc2ccccc2N)o1. The van der Waals surface area contributed by atoms with Gasteiger partial charge in [0.25, 0.3) is 0 Å². The summed E-state index contributed by atoms with van der Waals surface area (Å²) in [4.78, 5) is 15.7. The molecule has 0 fully saturated rings. The van der Waals surface area contributed by atoms with E-state index in [-0.39, 0.29) is 5.91 Å². The van der Waals surface area contributed by atoms with E-state index in [1.165, 1.54) is 0 Å². The molecule has 0 atom stereocenters. The highest BCUT2D eigenvalue weighted by molar-refractivity contribution is 5.76. The highest BCUT2D eigenvalue weighted by Gasteiger charge is 2.06. The van der Waals surface area contributed by atoms with E-state index in [9.17, 15) is 4.79 Å². The van der Waals surface area contributed by atoms with Gasteiger partial charge in [-0.2, -0.15) is 0 Å². The molecule has 0 spiro atoms. The number of carbonyl (C=O) groups excluding carboxylic acids is 1. The minimum atomic E-state index is -0.0425. The lowest BCUT2D eigenvalue weighted by Gasteiger charge is -2.05. The highest BCUT2D eigenvalue weighted by atomic mass is 16.4. The van der Waals surface area contributed by atoms with Gasteiger partial charge < -0.3 is 15.5 Å². The van der Waals surface area contributed by atoms with Gasteiger partial charge in [0.05, 0.1) is 12.7 Å². The number of rotatable bonds is 5. The van der Waals surface area contributed by atoms with Crippen LogP contribution in [0.1, 0.15) is 23.6 Å². The molecule has 5 heteroatoms. The summed E-state index contributed by atoms with van der Waals surface area (Å²) >= 11 is 0. The predicted octanol–water partition coefficient (Wildman–Crippen LogP) is 1.81. The Morgan fingerprint density at radius 3 is 2.89 bits per heavy atom. The third-order valence-electron chi connectivity index (χ3n) is 2.78. The molecule has 0 aliphatic heterocycles. The quantitative estimate of drug-likeness (QED) is 0.802. The van der Waals surface area contributed by atoms with Gasteiger partial charge in [-0.05, 0) is 25.0 Å². The fraction of sp³-hybridized carbons (Fsp3) is 0.286. The minimum absolute atomic E-state index is 0.0425. The molecule has 0 bridgehead atoms. The van der Waals surface area contributed by atoms with Crippen molar-refractivity contribution in [2.75, 3.05) is 5.73 Å². The third kappa shape index (κ3) is 3.84. The van der Waals surface area contributed by atoms with E-state index >= 15 is 0 Å². The average Bonchev–Trinajstić information content (AvgIpc) is 2.81. The van der Waals surface area contributed by atoms with Crippen molar-refractivity contribution in [2.24, 2.45) is 0 Å². The topological polar surface area (TPSA) is 81.2 Å². The lowest BCUT2D eigenvalue weighted by atomic mass is 10.1. The molecule has 2 rings (SSSR count). The van der Waals surface area contributed by atoms with E-state index in [4.69, 9.17) is 10.2 Å². The first-order valence-corrected chi connectivity index (χ1v) is 6.16. The Labute approximate surface area is 111 Å². The Morgan fingerprint density at radius 1 is 1.42 bits per heavy atom. The Bertz CT molecular complexity index is 563. The standard InChI is InChI=1S/C14H17N3O2/c1-10-8-17-14(19-10)9-16-13(18)7-6-11-4-2-3-5-12(11)15/h2-5,8H,6-7,9,15H2,1H3,(H,16,18). The number of hydrogen-bond donors (Lipinski definition) is 2. The number of amides is 1. The number of benzene rings is 1. The molecule has 5 nitrogen and oxygen atoms in total. The van der Waals surface area contributed by atoms with Gasteiger partial charge in [0.2, 0.25) is 11.8 Å². The van der Waals surface area contributed by atoms with Gasteiger partial charge in [0, 0.05) is 12.1 Å². The first-order chi connectivity index (χ1) is 9.15. The molecule has 0 aliphatic rings. The second kappa shape index (κ2) is 6.04. The summed E-state index contributed by atoms with van der Waals surface area (Å²) in [7, 11) is 0. The van der Waals surface area contributed by atoms with Crippen LogP contribution in [-0.4, -0.2) is 10.9 Å². The number of aromatic nitrogens is 1. The average molecular weight is 259 g/mol. The van der Waals surface area contributed by atoms with E-state index in [0.29, 0.717) is 25.3 Å². The largest absolute Gasteiger partial charge is 0.444 e. The zero-order valence-corrected chi connectivity index (χ0v) is 10.8. The molecule has 3 N–H and O–H groups in total. The summed E-state index contributed by atoms with van der Waals surface area (Å²) in [5, 5.41) is 2.77. The van der Waals surface area contributed by atoms with Gasteiger partial charge in [0.1, 0.15) is 5.76 Å². The number of para-hydroxylation sites is 1. The lowest BCUT2D eigenvalue weighted by Crippen LogP contribution is -2.23. The molecule has 1 heterocycles. The molecule has 0 saturated carbocycles. The molecule has 0 radical (unpaired) electrons. The number of anilines is 1. The maximum absolute atomic E-state index is 11.7. The zero-order valence-electron chi connectivity index (χ0n) is 10.8. The summed E-state index contributed by atoms with van der Waals surface area (Å²) in [6, 6.07) is 7.56.